The van der Waals surface area contributed by atoms with Crippen LogP contribution in [0.2, 0.25) is 5.02 Å². The monoisotopic (exact) mass is 496 g/mol. The molecule has 0 aliphatic rings. The van der Waals surface area contributed by atoms with Gasteiger partial charge in [0.1, 0.15) is 11.9 Å². The third-order valence-electron chi connectivity index (χ3n) is 5.41. The first-order valence-electron chi connectivity index (χ1n) is 9.91. The maximum absolute atomic E-state index is 14.9. The molecule has 2 unspecified atom stereocenters. The number of carbonyl (C=O) groups excluding carboxylic acids is 1. The van der Waals surface area contributed by atoms with E-state index in [4.69, 9.17) is 21.8 Å². The second-order valence-corrected chi connectivity index (χ2v) is 9.56. The molecule has 12 heteroatoms. The lowest BCUT2D eigenvalue weighted by Crippen LogP contribution is -2.34. The van der Waals surface area contributed by atoms with Crippen molar-refractivity contribution in [3.8, 4) is 0 Å². The van der Waals surface area contributed by atoms with Crippen LogP contribution >= 0.6 is 11.6 Å². The fraction of sp³-hybridized carbons (Fsp3) is 0.286. The third kappa shape index (κ3) is 5.00. The normalized spacial score (nSPS) is 13.6. The predicted octanol–water partition coefficient (Wildman–Crippen LogP) is 2.95. The van der Waals surface area contributed by atoms with Crippen molar-refractivity contribution >= 4 is 27.5 Å². The number of aromatic nitrogens is 2. The first-order valence-corrected chi connectivity index (χ1v) is 11.8. The number of rotatable bonds is 8. The molecule has 4 N–H and O–H groups in total. The highest BCUT2D eigenvalue weighted by Crippen LogP contribution is 2.36. The summed E-state index contributed by atoms with van der Waals surface area (Å²) >= 11 is 5.88. The van der Waals surface area contributed by atoms with Gasteiger partial charge in [0.15, 0.2) is 0 Å². The van der Waals surface area contributed by atoms with Crippen LogP contribution < -0.4 is 16.2 Å². The van der Waals surface area contributed by atoms with Crippen LogP contribution in [0.1, 0.15) is 58.7 Å². The van der Waals surface area contributed by atoms with Gasteiger partial charge in [-0.3, -0.25) is 4.79 Å². The topological polar surface area (TPSA) is 148 Å². The lowest BCUT2D eigenvalue weighted by Gasteiger charge is -2.25. The number of benzene rings is 2. The van der Waals surface area contributed by atoms with Crippen LogP contribution in [-0.4, -0.2) is 24.5 Å². The number of halogens is 2. The number of nitrogens with one attached hydrogen (secondary N) is 2. The van der Waals surface area contributed by atoms with Crippen molar-refractivity contribution in [3.05, 3.63) is 79.9 Å². The number of hydrogen-bond acceptors (Lipinski definition) is 6. The summed E-state index contributed by atoms with van der Waals surface area (Å²) in [6.07, 6.45) is 0.631. The minimum absolute atomic E-state index is 0.111. The highest BCUT2D eigenvalue weighted by molar-refractivity contribution is 7.89. The van der Waals surface area contributed by atoms with E-state index in [1.54, 1.807) is 19.9 Å². The highest BCUT2D eigenvalue weighted by Gasteiger charge is 2.34. The number of nitrogens with zero attached hydrogens (tertiary/aromatic N) is 1. The van der Waals surface area contributed by atoms with Gasteiger partial charge in [-0.05, 0) is 54.3 Å². The first-order chi connectivity index (χ1) is 15.5. The zero-order valence-corrected chi connectivity index (χ0v) is 19.6. The van der Waals surface area contributed by atoms with Gasteiger partial charge in [-0.2, -0.15) is 4.72 Å². The average molecular weight is 497 g/mol. The Balaban J connectivity index is 2.15. The molecule has 33 heavy (non-hydrogen) atoms. The van der Waals surface area contributed by atoms with Crippen LogP contribution in [0.3, 0.4) is 0 Å². The van der Waals surface area contributed by atoms with E-state index in [0.29, 0.717) is 12.0 Å². The molecular weight excluding hydrogens is 475 g/mol. The molecule has 3 aromatic rings. The number of H-pyrrole nitrogens is 1. The fourth-order valence-electron chi connectivity index (χ4n) is 3.75. The Bertz CT molecular complexity index is 1370. The summed E-state index contributed by atoms with van der Waals surface area (Å²) in [6.45, 7) is 5.21. The Labute approximate surface area is 194 Å². The molecule has 176 valence electrons. The summed E-state index contributed by atoms with van der Waals surface area (Å²) < 4.78 is 48.8. The highest BCUT2D eigenvalue weighted by atomic mass is 35.5. The second-order valence-electron chi connectivity index (χ2n) is 7.44. The third-order valence-corrected chi connectivity index (χ3v) is 7.14. The number of carbonyl (C=O) groups is 1. The molecule has 0 aliphatic heterocycles. The molecule has 0 fully saturated rings. The number of sulfonamides is 1. The van der Waals surface area contributed by atoms with Crippen molar-refractivity contribution in [2.24, 2.45) is 5.73 Å². The molecular formula is C21H22ClFN4O5S. The molecule has 3 rings (SSSR count). The summed E-state index contributed by atoms with van der Waals surface area (Å²) in [7, 11) is -4.43. The standard InChI is InChI=1S/C21H22ClFN4O5S/c1-4-12-5-7-15(23)17(10(12)2)11(3)18(20-25-26-21(29)32-20)27-33(30,31)16-8-6-13(22)9-14(16)19(24)28/h5-9,11,18,27H,4H2,1-3H3,(H2,24,28)(H,26,29). The van der Waals surface area contributed by atoms with Crippen LogP contribution in [0.25, 0.3) is 0 Å². The van der Waals surface area contributed by atoms with E-state index >= 15 is 0 Å². The number of primary amides is 1. The molecule has 0 saturated carbocycles. The molecule has 0 saturated heterocycles. The summed E-state index contributed by atoms with van der Waals surface area (Å²) in [5, 5.41) is 5.94. The molecule has 0 radical (unpaired) electrons. The zero-order valence-electron chi connectivity index (χ0n) is 18.0. The predicted molar refractivity (Wildman–Crippen MR) is 119 cm³/mol. The number of hydrogen-bond donors (Lipinski definition) is 3. The van der Waals surface area contributed by atoms with Gasteiger partial charge in [-0.1, -0.05) is 31.5 Å². The van der Waals surface area contributed by atoms with Gasteiger partial charge in [0.2, 0.25) is 21.8 Å². The summed E-state index contributed by atoms with van der Waals surface area (Å²) in [5.74, 6) is -3.63. The number of nitrogens with two attached hydrogens (primary N) is 1. The van der Waals surface area contributed by atoms with Crippen LogP contribution in [0, 0.1) is 12.7 Å². The fourth-order valence-corrected chi connectivity index (χ4v) is 5.38. The second kappa shape index (κ2) is 9.46. The molecule has 9 nitrogen and oxygen atoms in total. The molecule has 0 bridgehead atoms. The molecule has 1 amide bonds. The number of amides is 1. The Morgan fingerprint density at radius 2 is 2.03 bits per heavy atom. The molecule has 2 aromatic carbocycles. The molecule has 2 atom stereocenters. The van der Waals surface area contributed by atoms with Gasteiger partial charge >= 0.3 is 5.76 Å². The number of aryl methyl sites for hydroxylation is 1. The van der Waals surface area contributed by atoms with Crippen LogP contribution in [-0.2, 0) is 16.4 Å². The maximum Gasteiger partial charge on any atom is 0.434 e. The van der Waals surface area contributed by atoms with Crippen LogP contribution in [0.5, 0.6) is 0 Å². The molecule has 1 aromatic heterocycles. The van der Waals surface area contributed by atoms with Gasteiger partial charge < -0.3 is 10.2 Å². The number of aromatic amines is 1. The largest absolute Gasteiger partial charge is 0.434 e. The van der Waals surface area contributed by atoms with E-state index in [2.05, 4.69) is 14.9 Å². The van der Waals surface area contributed by atoms with Crippen molar-refractivity contribution in [2.75, 3.05) is 0 Å². The van der Waals surface area contributed by atoms with E-state index in [1.807, 2.05) is 6.92 Å². The quantitative estimate of drug-likeness (QED) is 0.436. The summed E-state index contributed by atoms with van der Waals surface area (Å²) in [6, 6.07) is 5.18. The lowest BCUT2D eigenvalue weighted by atomic mass is 9.87. The Morgan fingerprint density at radius 1 is 1.33 bits per heavy atom. The van der Waals surface area contributed by atoms with E-state index in [1.165, 1.54) is 12.1 Å². The Morgan fingerprint density at radius 3 is 2.61 bits per heavy atom. The van der Waals surface area contributed by atoms with Crippen molar-refractivity contribution in [2.45, 2.75) is 44.0 Å². The van der Waals surface area contributed by atoms with Gasteiger partial charge in [0.25, 0.3) is 0 Å². The maximum atomic E-state index is 14.9. The molecule has 1 heterocycles. The van der Waals surface area contributed by atoms with Crippen LogP contribution in [0.15, 0.2) is 44.4 Å². The van der Waals surface area contributed by atoms with Crippen molar-refractivity contribution in [3.63, 3.8) is 0 Å². The van der Waals surface area contributed by atoms with Gasteiger partial charge in [-0.25, -0.2) is 22.7 Å². The minimum Gasteiger partial charge on any atom is -0.391 e. The van der Waals surface area contributed by atoms with Crippen molar-refractivity contribution in [1.29, 1.82) is 0 Å². The smallest absolute Gasteiger partial charge is 0.391 e. The van der Waals surface area contributed by atoms with Gasteiger partial charge in [-0.15, -0.1) is 5.10 Å². The Kier molecular flexibility index (Phi) is 7.06. The van der Waals surface area contributed by atoms with E-state index in [9.17, 15) is 22.4 Å². The summed E-state index contributed by atoms with van der Waals surface area (Å²) in [5.41, 5.74) is 6.74. The van der Waals surface area contributed by atoms with Crippen molar-refractivity contribution in [1.82, 2.24) is 14.9 Å². The SMILES string of the molecule is CCc1ccc(F)c(C(C)C(NS(=O)(=O)c2ccc(Cl)cc2C(N)=O)c2n[nH]c(=O)o2)c1C. The van der Waals surface area contributed by atoms with Crippen LogP contribution in [0.4, 0.5) is 4.39 Å². The van der Waals surface area contributed by atoms with E-state index < -0.39 is 44.4 Å². The molecule has 0 aliphatic carbocycles. The zero-order chi connectivity index (χ0) is 24.5. The van der Waals surface area contributed by atoms with Gasteiger partial charge in [0.05, 0.1) is 10.5 Å². The average Bonchev–Trinajstić information content (AvgIpc) is 3.17. The Hall–Kier alpha value is -3.02. The summed E-state index contributed by atoms with van der Waals surface area (Å²) in [4.78, 5) is 23.0. The lowest BCUT2D eigenvalue weighted by molar-refractivity contribution is 0.0997. The minimum atomic E-state index is -4.43. The first kappa shape index (κ1) is 24.6. The van der Waals surface area contributed by atoms with E-state index in [0.717, 1.165) is 17.7 Å². The van der Waals surface area contributed by atoms with Crippen molar-refractivity contribution < 1.29 is 22.0 Å². The van der Waals surface area contributed by atoms with E-state index in [-0.39, 0.29) is 22.0 Å². The molecule has 0 spiro atoms. The van der Waals surface area contributed by atoms with Gasteiger partial charge in [0, 0.05) is 10.9 Å².